The largest absolute Gasteiger partial charge is 0.469 e. The molecule has 2 nitrogen and oxygen atoms in total. The number of esters is 1. The van der Waals surface area contributed by atoms with Gasteiger partial charge in [0.25, 0.3) is 0 Å². The molecule has 166 valence electrons. The molecule has 0 amide bonds. The van der Waals surface area contributed by atoms with Gasteiger partial charge in [0.15, 0.2) is 0 Å². The molecule has 6 atom stereocenters. The Kier molecular flexibility index (Phi) is 7.16. The molecule has 0 aromatic rings. The van der Waals surface area contributed by atoms with Gasteiger partial charge in [-0.3, -0.25) is 4.79 Å². The summed E-state index contributed by atoms with van der Waals surface area (Å²) in [6.07, 6.45) is 13.1. The first-order valence-electron chi connectivity index (χ1n) is 12.3. The van der Waals surface area contributed by atoms with Crippen LogP contribution < -0.4 is 0 Å². The van der Waals surface area contributed by atoms with Crippen LogP contribution in [0.2, 0.25) is 0 Å². The molecule has 29 heavy (non-hydrogen) atoms. The third kappa shape index (κ3) is 3.92. The minimum Gasteiger partial charge on any atom is -0.469 e. The first kappa shape index (κ1) is 22.8. The molecule has 0 heterocycles. The van der Waals surface area contributed by atoms with Crippen molar-refractivity contribution in [3.63, 3.8) is 0 Å². The van der Waals surface area contributed by atoms with Crippen molar-refractivity contribution in [2.75, 3.05) is 7.11 Å². The van der Waals surface area contributed by atoms with E-state index < -0.39 is 0 Å². The summed E-state index contributed by atoms with van der Waals surface area (Å²) >= 11 is 0. The average molecular weight is 407 g/mol. The molecule has 4 aliphatic rings. The lowest BCUT2D eigenvalue weighted by atomic mass is 9.47. The van der Waals surface area contributed by atoms with Gasteiger partial charge in [0, 0.05) is 12.8 Å². The van der Waals surface area contributed by atoms with Gasteiger partial charge in [-0.2, -0.15) is 0 Å². The van der Waals surface area contributed by atoms with E-state index in [1.165, 1.54) is 57.6 Å². The van der Waals surface area contributed by atoms with E-state index in [0.717, 1.165) is 19.3 Å². The van der Waals surface area contributed by atoms with Crippen LogP contribution in [0.15, 0.2) is 11.4 Å². The van der Waals surface area contributed by atoms with Crippen LogP contribution in [0.25, 0.3) is 0 Å². The molecule has 0 aromatic heterocycles. The van der Waals surface area contributed by atoms with Crippen molar-refractivity contribution in [2.45, 2.75) is 105 Å². The first-order valence-corrected chi connectivity index (χ1v) is 12.3. The van der Waals surface area contributed by atoms with Crippen molar-refractivity contribution in [3.8, 4) is 0 Å². The molecule has 3 saturated carbocycles. The Hall–Kier alpha value is -0.860. The van der Waals surface area contributed by atoms with Gasteiger partial charge in [0.05, 0.1) is 12.9 Å². The van der Waals surface area contributed by atoms with E-state index in [1.807, 2.05) is 13.8 Å². The maximum atomic E-state index is 15.2. The highest BCUT2D eigenvalue weighted by Gasteiger charge is 2.59. The molecule has 0 aromatic carbocycles. The normalized spacial score (nSPS) is 40.9. The zero-order valence-electron chi connectivity index (χ0n) is 19.5. The summed E-state index contributed by atoms with van der Waals surface area (Å²) < 4.78 is 20.0. The van der Waals surface area contributed by atoms with Crippen LogP contribution in [0.3, 0.4) is 0 Å². The van der Waals surface area contributed by atoms with E-state index in [4.69, 9.17) is 4.74 Å². The number of hydrogen-bond donors (Lipinski definition) is 0. The fourth-order valence-corrected chi connectivity index (χ4v) is 7.96. The van der Waals surface area contributed by atoms with Crippen LogP contribution in [0, 0.1) is 34.5 Å². The lowest BCUT2D eigenvalue weighted by Crippen LogP contribution is -2.50. The number of rotatable bonds is 4. The highest BCUT2D eigenvalue weighted by molar-refractivity contribution is 5.68. The second kappa shape index (κ2) is 9.10. The molecule has 0 aliphatic heterocycles. The Balaban J connectivity index is 0.00000117. The molecule has 4 aliphatic carbocycles. The summed E-state index contributed by atoms with van der Waals surface area (Å²) in [6, 6.07) is 0. The van der Waals surface area contributed by atoms with Crippen molar-refractivity contribution in [1.29, 1.82) is 0 Å². The molecular formula is C26H43FO2. The van der Waals surface area contributed by atoms with E-state index in [9.17, 15) is 4.79 Å². The highest BCUT2D eigenvalue weighted by atomic mass is 19.1. The number of halogens is 1. The molecule has 0 saturated heterocycles. The van der Waals surface area contributed by atoms with Crippen LogP contribution in [-0.2, 0) is 9.53 Å². The van der Waals surface area contributed by atoms with Crippen molar-refractivity contribution in [3.05, 3.63) is 11.4 Å². The number of carbonyl (C=O) groups excluding carboxylic acids is 1. The quantitative estimate of drug-likeness (QED) is 0.449. The smallest absolute Gasteiger partial charge is 0.305 e. The van der Waals surface area contributed by atoms with Crippen LogP contribution in [0.4, 0.5) is 4.39 Å². The molecule has 0 spiro atoms. The van der Waals surface area contributed by atoms with Gasteiger partial charge in [0.1, 0.15) is 0 Å². The van der Waals surface area contributed by atoms with Gasteiger partial charge in [-0.25, -0.2) is 4.39 Å². The van der Waals surface area contributed by atoms with Crippen molar-refractivity contribution in [1.82, 2.24) is 0 Å². The Morgan fingerprint density at radius 1 is 1.10 bits per heavy atom. The molecule has 6 unspecified atom stereocenters. The van der Waals surface area contributed by atoms with Crippen LogP contribution in [-0.4, -0.2) is 13.1 Å². The fourth-order valence-electron chi connectivity index (χ4n) is 7.96. The summed E-state index contributed by atoms with van der Waals surface area (Å²) in [5.74, 6) is 2.78. The fraction of sp³-hybridized carbons (Fsp3) is 0.885. The summed E-state index contributed by atoms with van der Waals surface area (Å²) in [4.78, 5) is 11.5. The summed E-state index contributed by atoms with van der Waals surface area (Å²) in [5.41, 5.74) is 1.68. The number of methoxy groups -OCH3 is 1. The average Bonchev–Trinajstić information content (AvgIpc) is 3.06. The van der Waals surface area contributed by atoms with Gasteiger partial charge in [-0.05, 0) is 97.9 Å². The second-order valence-corrected chi connectivity index (χ2v) is 10.4. The summed E-state index contributed by atoms with van der Waals surface area (Å²) in [7, 11) is 1.47. The molecule has 4 rings (SSSR count). The van der Waals surface area contributed by atoms with Crippen molar-refractivity contribution < 1.29 is 13.9 Å². The lowest BCUT2D eigenvalue weighted by Gasteiger charge is -2.58. The molecule has 0 bridgehead atoms. The molecule has 3 fully saturated rings. The number of hydrogen-bond acceptors (Lipinski definition) is 2. The molecule has 3 heteroatoms. The van der Waals surface area contributed by atoms with Crippen molar-refractivity contribution in [2.24, 2.45) is 34.5 Å². The number of fused-ring (bicyclic) bond motifs is 5. The molecular weight excluding hydrogens is 363 g/mol. The van der Waals surface area contributed by atoms with Crippen LogP contribution in [0.5, 0.6) is 0 Å². The van der Waals surface area contributed by atoms with Gasteiger partial charge in [-0.15, -0.1) is 0 Å². The summed E-state index contributed by atoms with van der Waals surface area (Å²) in [5, 5.41) is 0. The second-order valence-electron chi connectivity index (χ2n) is 10.4. The predicted octanol–water partition coefficient (Wildman–Crippen LogP) is 7.62. The van der Waals surface area contributed by atoms with Gasteiger partial charge < -0.3 is 4.74 Å². The van der Waals surface area contributed by atoms with Gasteiger partial charge in [-0.1, -0.05) is 34.1 Å². The zero-order chi connectivity index (χ0) is 21.2. The monoisotopic (exact) mass is 406 g/mol. The van der Waals surface area contributed by atoms with Crippen molar-refractivity contribution >= 4 is 5.97 Å². The number of ether oxygens (including phenoxy) is 1. The Morgan fingerprint density at radius 2 is 1.86 bits per heavy atom. The van der Waals surface area contributed by atoms with E-state index in [2.05, 4.69) is 13.8 Å². The summed E-state index contributed by atoms with van der Waals surface area (Å²) in [6.45, 7) is 8.88. The standard InChI is InChI=1S/C24H37FO2.C2H6/c1-23-14-12-19-17(15-21(25)20-8-4-5-13-24(19,20)2)18(23)11-10-16(23)7-6-9-22(26)27-3;1-2/h16-19H,4-15H2,1-3H3;1-2H3. The maximum Gasteiger partial charge on any atom is 0.305 e. The van der Waals surface area contributed by atoms with Crippen LogP contribution >= 0.6 is 0 Å². The Labute approximate surface area is 178 Å². The van der Waals surface area contributed by atoms with Gasteiger partial charge in [0.2, 0.25) is 0 Å². The minimum absolute atomic E-state index is 0.0874. The topological polar surface area (TPSA) is 26.3 Å². The maximum absolute atomic E-state index is 15.2. The third-order valence-corrected chi connectivity index (χ3v) is 9.42. The molecule has 0 radical (unpaired) electrons. The highest BCUT2D eigenvalue weighted by Crippen LogP contribution is 2.67. The number of allylic oxidation sites excluding steroid dienone is 2. The Morgan fingerprint density at radius 3 is 2.59 bits per heavy atom. The van der Waals surface area contributed by atoms with E-state index in [0.29, 0.717) is 41.9 Å². The van der Waals surface area contributed by atoms with Crippen LogP contribution in [0.1, 0.15) is 105 Å². The van der Waals surface area contributed by atoms with E-state index in [-0.39, 0.29) is 17.2 Å². The van der Waals surface area contributed by atoms with E-state index >= 15 is 4.39 Å². The third-order valence-electron chi connectivity index (χ3n) is 9.42. The zero-order valence-corrected chi connectivity index (χ0v) is 19.5. The first-order chi connectivity index (χ1) is 13.9. The predicted molar refractivity (Wildman–Crippen MR) is 117 cm³/mol. The SMILES string of the molecule is CC.COC(=O)CCCC1CCC2C3CC(F)=C4CCCCC4(C)C3CCC12C. The number of carbonyl (C=O) groups is 1. The van der Waals surface area contributed by atoms with Gasteiger partial charge >= 0.3 is 5.97 Å². The van der Waals surface area contributed by atoms with E-state index in [1.54, 1.807) is 0 Å². The Bertz CT molecular complexity index is 626. The lowest BCUT2D eigenvalue weighted by molar-refractivity contribution is -0.140. The minimum atomic E-state index is -0.0874. The molecule has 0 N–H and O–H groups in total.